The Morgan fingerprint density at radius 3 is 2.32 bits per heavy atom. The van der Waals surface area contributed by atoms with Gasteiger partial charge in [0.25, 0.3) is 5.91 Å². The van der Waals surface area contributed by atoms with Crippen molar-refractivity contribution in [1.82, 2.24) is 15.6 Å². The number of carbonyl (C=O) groups excluding carboxylic acids is 2. The SMILES string of the molecule is O=C(c1ccc(Cl)cc1)C1CCN(ON2CCCC[C@@H]2C(=O)NO)CC1.O=S. The number of nitrogens with one attached hydrogen (secondary N) is 1. The van der Waals surface area contributed by atoms with Crippen molar-refractivity contribution in [3.05, 3.63) is 34.9 Å². The molecule has 2 saturated heterocycles. The number of Topliss-reactive ketones (excluding diaryl/α,β-unsaturated/α-hetero) is 1. The van der Waals surface area contributed by atoms with Gasteiger partial charge in [-0.3, -0.25) is 14.8 Å². The van der Waals surface area contributed by atoms with Crippen LogP contribution in [0.25, 0.3) is 0 Å². The first-order valence-corrected chi connectivity index (χ1v) is 9.89. The van der Waals surface area contributed by atoms with Crippen molar-refractivity contribution in [1.29, 1.82) is 0 Å². The molecule has 2 aliphatic rings. The Bertz CT molecular complexity index is 655. The van der Waals surface area contributed by atoms with E-state index < -0.39 is 11.9 Å². The van der Waals surface area contributed by atoms with Gasteiger partial charge < -0.3 is 0 Å². The lowest BCUT2D eigenvalue weighted by Gasteiger charge is -2.38. The zero-order valence-corrected chi connectivity index (χ0v) is 17.0. The third-order valence-corrected chi connectivity index (χ3v) is 5.29. The Morgan fingerprint density at radius 1 is 1.07 bits per heavy atom. The number of halogens is 1. The minimum atomic E-state index is -0.484. The molecule has 2 N–H and O–H groups in total. The molecule has 28 heavy (non-hydrogen) atoms. The van der Waals surface area contributed by atoms with E-state index in [0.717, 1.165) is 12.8 Å². The molecule has 2 aliphatic heterocycles. The Balaban J connectivity index is 0.00000136. The van der Waals surface area contributed by atoms with E-state index >= 15 is 0 Å². The van der Waals surface area contributed by atoms with Crippen molar-refractivity contribution in [2.45, 2.75) is 38.1 Å². The van der Waals surface area contributed by atoms with E-state index in [9.17, 15) is 9.59 Å². The summed E-state index contributed by atoms with van der Waals surface area (Å²) in [6.07, 6.45) is 3.92. The largest absolute Gasteiger partial charge is 0.294 e. The van der Waals surface area contributed by atoms with Crippen LogP contribution >= 0.6 is 11.6 Å². The van der Waals surface area contributed by atoms with E-state index in [2.05, 4.69) is 12.5 Å². The standard InChI is InChI=1S/C18H24ClN3O4.OS/c19-15-6-4-13(5-7-15)17(23)14-8-11-21(12-9-14)26-22-10-2-1-3-16(22)18(24)20-25;1-2/h4-7,14,16,25H,1-3,8-12H2,(H,20,24);/t16-;/m1./s1. The second kappa shape index (κ2) is 11.5. The van der Waals surface area contributed by atoms with Gasteiger partial charge in [0.15, 0.2) is 18.3 Å². The number of carbonyl (C=O) groups is 2. The van der Waals surface area contributed by atoms with Gasteiger partial charge in [-0.25, -0.2) is 10.4 Å². The van der Waals surface area contributed by atoms with Crippen LogP contribution in [-0.4, -0.2) is 56.9 Å². The molecule has 2 heterocycles. The summed E-state index contributed by atoms with van der Waals surface area (Å²) in [5, 5.41) is 12.9. The van der Waals surface area contributed by atoms with Crippen molar-refractivity contribution >= 4 is 35.8 Å². The molecule has 0 saturated carbocycles. The summed E-state index contributed by atoms with van der Waals surface area (Å²) in [6, 6.07) is 6.51. The van der Waals surface area contributed by atoms with Crippen LogP contribution in [0, 0.1) is 5.92 Å². The zero-order chi connectivity index (χ0) is 20.5. The monoisotopic (exact) mass is 429 g/mol. The van der Waals surface area contributed by atoms with Gasteiger partial charge in [-0.15, -0.1) is 0 Å². The third kappa shape index (κ3) is 6.00. The molecule has 1 aromatic rings. The fourth-order valence-electron chi connectivity index (χ4n) is 3.54. The molecular weight excluding hydrogens is 406 g/mol. The predicted molar refractivity (Wildman–Crippen MR) is 104 cm³/mol. The highest BCUT2D eigenvalue weighted by molar-refractivity contribution is 7.44. The molecule has 0 spiro atoms. The Morgan fingerprint density at radius 2 is 1.71 bits per heavy atom. The number of nitrogens with zero attached hydrogens (tertiary/aromatic N) is 2. The van der Waals surface area contributed by atoms with Crippen LogP contribution in [0.1, 0.15) is 42.5 Å². The fraction of sp³-hybridized carbons (Fsp3) is 0.556. The topological polar surface area (TPSA) is 99.2 Å². The molecule has 1 aromatic carbocycles. The van der Waals surface area contributed by atoms with Crippen LogP contribution < -0.4 is 5.48 Å². The second-order valence-electron chi connectivity index (χ2n) is 6.78. The number of rotatable bonds is 5. The van der Waals surface area contributed by atoms with E-state index in [1.807, 2.05) is 0 Å². The molecule has 1 atom stereocenters. The molecule has 1 amide bonds. The molecule has 3 rings (SSSR count). The number of piperidine rings is 2. The minimum Gasteiger partial charge on any atom is -0.294 e. The van der Waals surface area contributed by atoms with E-state index in [4.69, 9.17) is 26.0 Å². The van der Waals surface area contributed by atoms with Crippen molar-refractivity contribution < 1.29 is 23.9 Å². The van der Waals surface area contributed by atoms with Gasteiger partial charge in [0, 0.05) is 36.1 Å². The molecule has 0 aliphatic carbocycles. The summed E-state index contributed by atoms with van der Waals surface area (Å²) < 4.78 is 7.83. The normalized spacial score (nSPS) is 21.4. The van der Waals surface area contributed by atoms with Gasteiger partial charge in [0.2, 0.25) is 0 Å². The maximum Gasteiger partial charge on any atom is 0.263 e. The zero-order valence-electron chi connectivity index (χ0n) is 15.4. The molecule has 0 bridgehead atoms. The van der Waals surface area contributed by atoms with Crippen molar-refractivity contribution in [2.24, 2.45) is 5.92 Å². The van der Waals surface area contributed by atoms with Crippen molar-refractivity contribution in [3.8, 4) is 0 Å². The first-order chi connectivity index (χ1) is 13.6. The molecule has 2 fully saturated rings. The molecule has 0 unspecified atom stereocenters. The summed E-state index contributed by atoms with van der Waals surface area (Å²) in [6.45, 7) is 1.88. The van der Waals surface area contributed by atoms with Gasteiger partial charge in [0.1, 0.15) is 6.04 Å². The number of hydroxylamine groups is 5. The third-order valence-electron chi connectivity index (χ3n) is 5.04. The predicted octanol–water partition coefficient (Wildman–Crippen LogP) is 2.10. The summed E-state index contributed by atoms with van der Waals surface area (Å²) in [7, 11) is 0. The summed E-state index contributed by atoms with van der Waals surface area (Å²) in [4.78, 5) is 30.3. The lowest BCUT2D eigenvalue weighted by Crippen LogP contribution is -2.52. The van der Waals surface area contributed by atoms with Crippen molar-refractivity contribution in [3.63, 3.8) is 0 Å². The first kappa shape index (κ1) is 22.8. The summed E-state index contributed by atoms with van der Waals surface area (Å²) in [5.41, 5.74) is 2.40. The van der Waals surface area contributed by atoms with Gasteiger partial charge in [0.05, 0.1) is 0 Å². The maximum absolute atomic E-state index is 12.6. The van der Waals surface area contributed by atoms with E-state index in [0.29, 0.717) is 49.5 Å². The number of ketones is 1. The van der Waals surface area contributed by atoms with Crippen molar-refractivity contribution in [2.75, 3.05) is 19.6 Å². The Labute approximate surface area is 174 Å². The van der Waals surface area contributed by atoms with Crippen LogP contribution in [0.4, 0.5) is 0 Å². The lowest BCUT2D eigenvalue weighted by molar-refractivity contribution is -0.346. The smallest absolute Gasteiger partial charge is 0.263 e. The van der Waals surface area contributed by atoms with Gasteiger partial charge >= 0.3 is 0 Å². The van der Waals surface area contributed by atoms with E-state index in [1.165, 1.54) is 0 Å². The van der Waals surface area contributed by atoms with Gasteiger partial charge in [-0.1, -0.05) is 11.6 Å². The number of benzene rings is 1. The van der Waals surface area contributed by atoms with Crippen LogP contribution in [0.5, 0.6) is 0 Å². The molecule has 8 nitrogen and oxygen atoms in total. The van der Waals surface area contributed by atoms with Crippen LogP contribution in [-0.2, 0) is 22.3 Å². The fourth-order valence-corrected chi connectivity index (χ4v) is 3.66. The molecule has 154 valence electrons. The average molecular weight is 430 g/mol. The average Bonchev–Trinajstić information content (AvgIpc) is 2.75. The minimum absolute atomic E-state index is 0.0334. The molecular formula is C18H24ClN3O5S. The number of hydrogen-bond donors (Lipinski definition) is 2. The van der Waals surface area contributed by atoms with E-state index in [-0.39, 0.29) is 11.7 Å². The van der Waals surface area contributed by atoms with Gasteiger partial charge in [-0.2, -0.15) is 14.3 Å². The van der Waals surface area contributed by atoms with E-state index in [1.54, 1.807) is 39.9 Å². The Hall–Kier alpha value is -1.49. The maximum atomic E-state index is 12.6. The highest BCUT2D eigenvalue weighted by Gasteiger charge is 2.33. The molecule has 0 aromatic heterocycles. The molecule has 10 heteroatoms. The quantitative estimate of drug-likeness (QED) is 0.417. The lowest BCUT2D eigenvalue weighted by atomic mass is 9.89. The number of amides is 1. The summed E-state index contributed by atoms with van der Waals surface area (Å²) >= 11 is 8.71. The second-order valence-corrected chi connectivity index (χ2v) is 7.22. The first-order valence-electron chi connectivity index (χ1n) is 9.18. The van der Waals surface area contributed by atoms with Gasteiger partial charge in [-0.05, 0) is 56.4 Å². The molecule has 0 radical (unpaired) electrons. The van der Waals surface area contributed by atoms with Crippen LogP contribution in [0.3, 0.4) is 0 Å². The summed E-state index contributed by atoms with van der Waals surface area (Å²) in [5.74, 6) is -0.344. The Kier molecular flexibility index (Phi) is 9.36. The highest BCUT2D eigenvalue weighted by Crippen LogP contribution is 2.25. The van der Waals surface area contributed by atoms with Crippen LogP contribution in [0.2, 0.25) is 5.02 Å². The number of hydrogen-bond acceptors (Lipinski definition) is 8. The van der Waals surface area contributed by atoms with Crippen LogP contribution in [0.15, 0.2) is 24.3 Å². The highest BCUT2D eigenvalue weighted by atomic mass is 35.5.